The van der Waals surface area contributed by atoms with Crippen LogP contribution in [0.3, 0.4) is 0 Å². The number of carbonyl (C=O) groups is 2. The van der Waals surface area contributed by atoms with Gasteiger partial charge < -0.3 is 19.3 Å². The van der Waals surface area contributed by atoms with Gasteiger partial charge in [0.1, 0.15) is 11.7 Å². The maximum Gasteiger partial charge on any atom is 0.333 e. The zero-order valence-corrected chi connectivity index (χ0v) is 22.9. The Morgan fingerprint density at radius 1 is 1.08 bits per heavy atom. The molecule has 200 valence electrons. The molecule has 6 aliphatic rings. The number of ether oxygens (including phenoxy) is 3. The second-order valence-corrected chi connectivity index (χ2v) is 13.2. The minimum absolute atomic E-state index is 0.0453. The van der Waals surface area contributed by atoms with Crippen molar-refractivity contribution in [3.8, 4) is 0 Å². The molecule has 2 aliphatic heterocycles. The quantitative estimate of drug-likeness (QED) is 0.404. The molecule has 1 saturated carbocycles. The summed E-state index contributed by atoms with van der Waals surface area (Å²) in [7, 11) is 1.78. The highest BCUT2D eigenvalue weighted by Gasteiger charge is 2.64. The summed E-state index contributed by atoms with van der Waals surface area (Å²) >= 11 is 0. The first-order valence-corrected chi connectivity index (χ1v) is 13.9. The molecule has 37 heavy (non-hydrogen) atoms. The molecule has 1 fully saturated rings. The molecule has 4 aliphatic carbocycles. The summed E-state index contributed by atoms with van der Waals surface area (Å²) in [6.07, 6.45) is 11.4. The van der Waals surface area contributed by atoms with Crippen molar-refractivity contribution in [1.82, 2.24) is 0 Å². The molecule has 0 amide bonds. The maximum absolute atomic E-state index is 12.4. The predicted octanol–water partition coefficient (Wildman–Crippen LogP) is 4.83. The Hall–Kier alpha value is -2.18. The van der Waals surface area contributed by atoms with Crippen molar-refractivity contribution < 1.29 is 28.9 Å². The monoisotopic (exact) mass is 508 g/mol. The van der Waals surface area contributed by atoms with Gasteiger partial charge in [0.05, 0.1) is 11.7 Å². The van der Waals surface area contributed by atoms with Crippen LogP contribution in [0.2, 0.25) is 0 Å². The molecule has 6 rings (SSSR count). The van der Waals surface area contributed by atoms with E-state index in [1.807, 2.05) is 26.8 Å². The zero-order valence-electron chi connectivity index (χ0n) is 22.9. The zero-order chi connectivity index (χ0) is 26.5. The molecule has 0 radical (unpaired) electrons. The van der Waals surface area contributed by atoms with Crippen LogP contribution >= 0.6 is 0 Å². The van der Waals surface area contributed by atoms with Crippen LogP contribution in [0.1, 0.15) is 66.7 Å². The fraction of sp³-hybridized carbons (Fsp3) is 0.677. The smallest absolute Gasteiger partial charge is 0.333 e. The minimum atomic E-state index is -0.969. The first-order valence-electron chi connectivity index (χ1n) is 13.9. The van der Waals surface area contributed by atoms with Gasteiger partial charge in [-0.1, -0.05) is 31.6 Å². The molecule has 2 heterocycles. The van der Waals surface area contributed by atoms with E-state index in [1.165, 1.54) is 17.2 Å². The number of allylic oxidation sites excluding steroid dienone is 2. The Balaban J connectivity index is 1.44. The first kappa shape index (κ1) is 25.1. The molecule has 0 aromatic heterocycles. The SMILES string of the molecule is COC1CC2(C)C(CC3(O)C=C4C=CC(=O)OC(C)(C)C4CCC32)C2=C1C(C)C1OC(=O)C(C)=CC1C2. The third-order valence-electron chi connectivity index (χ3n) is 10.8. The van der Waals surface area contributed by atoms with Gasteiger partial charge in [0.25, 0.3) is 0 Å². The molecule has 9 atom stereocenters. The predicted molar refractivity (Wildman–Crippen MR) is 138 cm³/mol. The summed E-state index contributed by atoms with van der Waals surface area (Å²) in [5, 5.41) is 12.4. The number of methoxy groups -OCH3 is 1. The Morgan fingerprint density at radius 2 is 1.84 bits per heavy atom. The van der Waals surface area contributed by atoms with Gasteiger partial charge in [-0.05, 0) is 87.3 Å². The summed E-state index contributed by atoms with van der Waals surface area (Å²) in [5.41, 5.74) is 2.66. The Bertz CT molecular complexity index is 1170. The van der Waals surface area contributed by atoms with Crippen LogP contribution in [-0.2, 0) is 23.8 Å². The van der Waals surface area contributed by atoms with Crippen LogP contribution in [0.15, 0.2) is 46.6 Å². The van der Waals surface area contributed by atoms with Gasteiger partial charge in [-0.3, -0.25) is 0 Å². The summed E-state index contributed by atoms with van der Waals surface area (Å²) in [5.74, 6) is 0.0416. The van der Waals surface area contributed by atoms with Gasteiger partial charge in [0.15, 0.2) is 0 Å². The number of hydrogen-bond donors (Lipinski definition) is 1. The lowest BCUT2D eigenvalue weighted by Crippen LogP contribution is -2.49. The van der Waals surface area contributed by atoms with Crippen LogP contribution in [0.5, 0.6) is 0 Å². The highest BCUT2D eigenvalue weighted by Crippen LogP contribution is 2.66. The second-order valence-electron chi connectivity index (χ2n) is 13.2. The summed E-state index contributed by atoms with van der Waals surface area (Å²) < 4.78 is 17.9. The third kappa shape index (κ3) is 3.58. The lowest BCUT2D eigenvalue weighted by Gasteiger charge is -2.52. The van der Waals surface area contributed by atoms with E-state index in [0.717, 1.165) is 31.3 Å². The van der Waals surface area contributed by atoms with E-state index >= 15 is 0 Å². The van der Waals surface area contributed by atoms with Crippen molar-refractivity contribution in [2.45, 2.75) is 90.1 Å². The van der Waals surface area contributed by atoms with Gasteiger partial charge in [0, 0.05) is 36.5 Å². The normalized spacial score (nSPS) is 46.1. The molecule has 6 heteroatoms. The van der Waals surface area contributed by atoms with Crippen molar-refractivity contribution in [1.29, 1.82) is 0 Å². The lowest BCUT2D eigenvalue weighted by atomic mass is 9.56. The highest BCUT2D eigenvalue weighted by atomic mass is 16.6. The minimum Gasteiger partial charge on any atom is -0.458 e. The number of fused-ring (bicyclic) bond motifs is 6. The van der Waals surface area contributed by atoms with Crippen molar-refractivity contribution in [2.75, 3.05) is 7.11 Å². The fourth-order valence-electron chi connectivity index (χ4n) is 9.23. The Labute approximate surface area is 219 Å². The van der Waals surface area contributed by atoms with Gasteiger partial charge in [-0.25, -0.2) is 9.59 Å². The van der Waals surface area contributed by atoms with Crippen LogP contribution < -0.4 is 0 Å². The molecule has 0 aromatic rings. The molecular formula is C31H40O6. The van der Waals surface area contributed by atoms with Crippen LogP contribution in [0.4, 0.5) is 0 Å². The molecule has 0 saturated heterocycles. The molecule has 6 nitrogen and oxygen atoms in total. The van der Waals surface area contributed by atoms with Crippen molar-refractivity contribution in [3.63, 3.8) is 0 Å². The number of rotatable bonds is 1. The highest BCUT2D eigenvalue weighted by molar-refractivity contribution is 5.89. The van der Waals surface area contributed by atoms with Gasteiger partial charge >= 0.3 is 11.9 Å². The molecule has 1 N–H and O–H groups in total. The topological polar surface area (TPSA) is 82.1 Å². The molecular weight excluding hydrogens is 468 g/mol. The van der Waals surface area contributed by atoms with Crippen LogP contribution in [-0.4, -0.2) is 47.6 Å². The van der Waals surface area contributed by atoms with Crippen LogP contribution in [0, 0.1) is 35.0 Å². The average Bonchev–Trinajstić information content (AvgIpc) is 2.89. The number of esters is 2. The summed E-state index contributed by atoms with van der Waals surface area (Å²) in [6, 6.07) is 0. The molecule has 9 unspecified atom stereocenters. The Kier molecular flexibility index (Phi) is 5.54. The van der Waals surface area contributed by atoms with Crippen molar-refractivity contribution >= 4 is 11.9 Å². The number of carbonyl (C=O) groups excluding carboxylic acids is 2. The Morgan fingerprint density at radius 3 is 2.57 bits per heavy atom. The first-order chi connectivity index (χ1) is 17.4. The van der Waals surface area contributed by atoms with E-state index < -0.39 is 11.2 Å². The van der Waals surface area contributed by atoms with Gasteiger partial charge in [0.2, 0.25) is 0 Å². The van der Waals surface area contributed by atoms with Crippen molar-refractivity contribution in [3.05, 3.63) is 46.6 Å². The van der Waals surface area contributed by atoms with Crippen molar-refractivity contribution in [2.24, 2.45) is 35.0 Å². The standard InChI is InChI=1S/C31H40O6/c1-16-11-19-12-20-22-14-31(34)13-18-7-10-25(32)37-29(3,4)21(18)8-9-24(31)30(22,5)15-23(35-6)26(20)17(2)27(19)36-28(16)33/h7,10-11,13,17,19,21-24,27,34H,8-9,12,14-15H2,1-6H3. The van der Waals surface area contributed by atoms with Gasteiger partial charge in [-0.15, -0.1) is 0 Å². The second kappa shape index (κ2) is 8.16. The fourth-order valence-corrected chi connectivity index (χ4v) is 9.23. The van der Waals surface area contributed by atoms with Crippen LogP contribution in [0.25, 0.3) is 0 Å². The number of aliphatic hydroxyl groups is 1. The van der Waals surface area contributed by atoms with E-state index in [0.29, 0.717) is 12.0 Å². The van der Waals surface area contributed by atoms with E-state index in [4.69, 9.17) is 14.2 Å². The van der Waals surface area contributed by atoms with E-state index in [2.05, 4.69) is 26.0 Å². The van der Waals surface area contributed by atoms with Gasteiger partial charge in [-0.2, -0.15) is 0 Å². The maximum atomic E-state index is 12.4. The molecule has 0 aromatic carbocycles. The largest absolute Gasteiger partial charge is 0.458 e. The van der Waals surface area contributed by atoms with E-state index in [1.54, 1.807) is 7.11 Å². The van der Waals surface area contributed by atoms with E-state index in [-0.39, 0.29) is 59.2 Å². The molecule has 0 spiro atoms. The number of hydrogen-bond acceptors (Lipinski definition) is 6. The summed E-state index contributed by atoms with van der Waals surface area (Å²) in [6.45, 7) is 10.3. The molecule has 0 bridgehead atoms. The lowest BCUT2D eigenvalue weighted by molar-refractivity contribution is -0.153. The third-order valence-corrected chi connectivity index (χ3v) is 10.8. The number of cyclic esters (lactones) is 1. The summed E-state index contributed by atoms with van der Waals surface area (Å²) in [4.78, 5) is 24.6. The van der Waals surface area contributed by atoms with E-state index in [9.17, 15) is 14.7 Å². The average molecular weight is 509 g/mol.